The van der Waals surface area contributed by atoms with Crippen molar-refractivity contribution in [2.45, 2.75) is 45.0 Å². The number of hydrogen-bond acceptors (Lipinski definition) is 6. The molecule has 1 aromatic heterocycles. The lowest BCUT2D eigenvalue weighted by Gasteiger charge is -2.32. The highest BCUT2D eigenvalue weighted by atomic mass is 35.5. The standard InChI is InChI=1S/C26H26Cl2F3N5O4/c1-25(2,3)40-24(39)20(11-16-7-5-4-6-8-16)35(23(38)13-27)15-22(37)32-18-12-17(28)9-10-19(18)36-14-21(33-34-36)26(29,30)31/h4-10,12,14,20H,11,13,15H2,1-3H3,(H,32,37). The van der Waals surface area contributed by atoms with Crippen molar-refractivity contribution in [1.29, 1.82) is 0 Å². The van der Waals surface area contributed by atoms with E-state index in [0.29, 0.717) is 11.8 Å². The number of hydrogen-bond donors (Lipinski definition) is 1. The number of anilines is 1. The molecule has 0 aliphatic carbocycles. The van der Waals surface area contributed by atoms with Gasteiger partial charge in [-0.25, -0.2) is 9.48 Å². The van der Waals surface area contributed by atoms with Crippen LogP contribution in [0.2, 0.25) is 5.02 Å². The van der Waals surface area contributed by atoms with E-state index in [1.807, 2.05) is 0 Å². The number of nitrogens with one attached hydrogen (secondary N) is 1. The maximum Gasteiger partial charge on any atom is 0.436 e. The lowest BCUT2D eigenvalue weighted by atomic mass is 10.0. The fraction of sp³-hybridized carbons (Fsp3) is 0.346. The van der Waals surface area contributed by atoms with Crippen LogP contribution in [-0.4, -0.2) is 61.7 Å². The SMILES string of the molecule is CC(C)(C)OC(=O)C(Cc1ccccc1)N(CC(=O)Nc1cc(Cl)ccc1-n1cc(C(F)(F)F)nn1)C(=O)CCl. The molecule has 3 rings (SSSR count). The number of halogens is 5. The fourth-order valence-electron chi connectivity index (χ4n) is 3.64. The number of aromatic nitrogens is 3. The molecule has 0 bridgehead atoms. The Morgan fingerprint density at radius 1 is 1.10 bits per heavy atom. The van der Waals surface area contributed by atoms with Crippen molar-refractivity contribution in [2.75, 3.05) is 17.7 Å². The average molecular weight is 600 g/mol. The molecule has 9 nitrogen and oxygen atoms in total. The zero-order chi connectivity index (χ0) is 29.7. The average Bonchev–Trinajstić information content (AvgIpc) is 3.36. The summed E-state index contributed by atoms with van der Waals surface area (Å²) >= 11 is 11.9. The molecular weight excluding hydrogens is 574 g/mol. The first-order valence-corrected chi connectivity index (χ1v) is 12.8. The van der Waals surface area contributed by atoms with Crippen LogP contribution in [0.15, 0.2) is 54.7 Å². The van der Waals surface area contributed by atoms with Crippen molar-refractivity contribution in [3.8, 4) is 5.69 Å². The molecule has 0 spiro atoms. The van der Waals surface area contributed by atoms with E-state index < -0.39 is 53.7 Å². The molecule has 40 heavy (non-hydrogen) atoms. The smallest absolute Gasteiger partial charge is 0.436 e. The van der Waals surface area contributed by atoms with Crippen LogP contribution in [0.3, 0.4) is 0 Å². The summed E-state index contributed by atoms with van der Waals surface area (Å²) in [4.78, 5) is 40.3. The van der Waals surface area contributed by atoms with E-state index in [4.69, 9.17) is 27.9 Å². The monoisotopic (exact) mass is 599 g/mol. The van der Waals surface area contributed by atoms with Crippen LogP contribution in [-0.2, 0) is 31.7 Å². The first-order chi connectivity index (χ1) is 18.7. The number of carbonyl (C=O) groups is 3. The third-order valence-corrected chi connectivity index (χ3v) is 5.80. The molecule has 0 saturated carbocycles. The second-order valence-corrected chi connectivity index (χ2v) is 10.4. The van der Waals surface area contributed by atoms with E-state index in [2.05, 4.69) is 15.6 Å². The fourth-order valence-corrected chi connectivity index (χ4v) is 3.97. The molecule has 0 saturated heterocycles. The molecule has 2 aromatic carbocycles. The van der Waals surface area contributed by atoms with Crippen LogP contribution in [0.25, 0.3) is 5.69 Å². The Morgan fingerprint density at radius 3 is 2.35 bits per heavy atom. The van der Waals surface area contributed by atoms with E-state index in [1.165, 1.54) is 18.2 Å². The highest BCUT2D eigenvalue weighted by molar-refractivity contribution is 6.31. The van der Waals surface area contributed by atoms with Gasteiger partial charge in [0.05, 0.1) is 17.6 Å². The van der Waals surface area contributed by atoms with Crippen LogP contribution in [0.5, 0.6) is 0 Å². The van der Waals surface area contributed by atoms with Crippen LogP contribution < -0.4 is 5.32 Å². The topological polar surface area (TPSA) is 106 Å². The van der Waals surface area contributed by atoms with Gasteiger partial charge in [0.1, 0.15) is 24.1 Å². The molecule has 0 aliphatic rings. The summed E-state index contributed by atoms with van der Waals surface area (Å²) < 4.78 is 45.5. The number of benzene rings is 2. The van der Waals surface area contributed by atoms with Crippen molar-refractivity contribution < 1.29 is 32.3 Å². The van der Waals surface area contributed by atoms with E-state index in [0.717, 1.165) is 9.58 Å². The van der Waals surface area contributed by atoms with E-state index in [1.54, 1.807) is 51.1 Å². The first kappa shape index (κ1) is 30.9. The maximum atomic E-state index is 13.2. The number of alkyl halides is 4. The highest BCUT2D eigenvalue weighted by Crippen LogP contribution is 2.29. The Bertz CT molecular complexity index is 1360. The highest BCUT2D eigenvalue weighted by Gasteiger charge is 2.36. The van der Waals surface area contributed by atoms with Crippen LogP contribution in [0.4, 0.5) is 18.9 Å². The van der Waals surface area contributed by atoms with Gasteiger partial charge < -0.3 is 15.0 Å². The van der Waals surface area contributed by atoms with E-state index >= 15 is 0 Å². The minimum Gasteiger partial charge on any atom is -0.458 e. The molecule has 1 atom stereocenters. The number of amides is 2. The van der Waals surface area contributed by atoms with Gasteiger partial charge in [-0.3, -0.25) is 9.59 Å². The Morgan fingerprint density at radius 2 is 1.77 bits per heavy atom. The Balaban J connectivity index is 1.92. The Labute approximate surface area is 238 Å². The summed E-state index contributed by atoms with van der Waals surface area (Å²) in [7, 11) is 0. The van der Waals surface area contributed by atoms with Crippen LogP contribution in [0.1, 0.15) is 32.0 Å². The second kappa shape index (κ2) is 12.7. The van der Waals surface area contributed by atoms with Gasteiger partial charge in [0.2, 0.25) is 11.8 Å². The zero-order valence-corrected chi connectivity index (χ0v) is 23.2. The Hall–Kier alpha value is -3.64. The first-order valence-electron chi connectivity index (χ1n) is 11.9. The minimum absolute atomic E-state index is 0.00808. The van der Waals surface area contributed by atoms with E-state index in [-0.39, 0.29) is 22.8 Å². The quantitative estimate of drug-likeness (QED) is 0.277. The van der Waals surface area contributed by atoms with Gasteiger partial charge in [0.25, 0.3) is 0 Å². The molecule has 1 unspecified atom stereocenters. The van der Waals surface area contributed by atoms with Crippen molar-refractivity contribution >= 4 is 46.7 Å². The molecule has 0 aliphatic heterocycles. The number of carbonyl (C=O) groups excluding carboxylic acids is 3. The number of rotatable bonds is 9. The second-order valence-electron chi connectivity index (χ2n) is 9.65. The third kappa shape index (κ3) is 8.43. The molecule has 0 fully saturated rings. The summed E-state index contributed by atoms with van der Waals surface area (Å²) in [5, 5.41) is 9.32. The number of ether oxygens (including phenoxy) is 1. The Kier molecular flexibility index (Phi) is 9.80. The summed E-state index contributed by atoms with van der Waals surface area (Å²) in [6, 6.07) is 11.6. The van der Waals surface area contributed by atoms with Crippen LogP contribution in [0, 0.1) is 0 Å². The minimum atomic E-state index is -4.73. The van der Waals surface area contributed by atoms with Gasteiger partial charge in [-0.1, -0.05) is 47.1 Å². The zero-order valence-electron chi connectivity index (χ0n) is 21.7. The number of nitrogens with zero attached hydrogens (tertiary/aromatic N) is 4. The van der Waals surface area contributed by atoms with Crippen LogP contribution >= 0.6 is 23.2 Å². The molecule has 14 heteroatoms. The summed E-state index contributed by atoms with van der Waals surface area (Å²) in [6.45, 7) is 4.37. The van der Waals surface area contributed by atoms with Gasteiger partial charge in [-0.05, 0) is 44.5 Å². The summed E-state index contributed by atoms with van der Waals surface area (Å²) in [6.07, 6.45) is -4.04. The lowest BCUT2D eigenvalue weighted by Crippen LogP contribution is -2.51. The summed E-state index contributed by atoms with van der Waals surface area (Å²) in [5.41, 5.74) is -1.39. The molecular formula is C26H26Cl2F3N5O4. The molecule has 3 aromatic rings. The number of esters is 1. The molecule has 214 valence electrons. The van der Waals surface area contributed by atoms with Gasteiger partial charge in [-0.15, -0.1) is 16.7 Å². The molecule has 1 heterocycles. The predicted octanol–water partition coefficient (Wildman–Crippen LogP) is 4.90. The van der Waals surface area contributed by atoms with E-state index in [9.17, 15) is 27.6 Å². The molecule has 2 amide bonds. The van der Waals surface area contributed by atoms with Gasteiger partial charge in [0, 0.05) is 11.4 Å². The van der Waals surface area contributed by atoms with Crippen molar-refractivity contribution in [3.05, 3.63) is 71.0 Å². The molecule has 1 N–H and O–H groups in total. The van der Waals surface area contributed by atoms with Gasteiger partial charge >= 0.3 is 12.1 Å². The largest absolute Gasteiger partial charge is 0.458 e. The van der Waals surface area contributed by atoms with Crippen molar-refractivity contribution in [3.63, 3.8) is 0 Å². The maximum absolute atomic E-state index is 13.2. The lowest BCUT2D eigenvalue weighted by molar-refractivity contribution is -0.164. The van der Waals surface area contributed by atoms with Gasteiger partial charge in [-0.2, -0.15) is 13.2 Å². The normalized spacial score (nSPS) is 12.5. The third-order valence-electron chi connectivity index (χ3n) is 5.34. The van der Waals surface area contributed by atoms with Gasteiger partial charge in [0.15, 0.2) is 5.69 Å². The predicted molar refractivity (Wildman–Crippen MR) is 142 cm³/mol. The molecule has 0 radical (unpaired) electrons. The van der Waals surface area contributed by atoms with Crippen molar-refractivity contribution in [1.82, 2.24) is 19.9 Å². The van der Waals surface area contributed by atoms with Crippen molar-refractivity contribution in [2.24, 2.45) is 0 Å². The summed E-state index contributed by atoms with van der Waals surface area (Å²) in [5.74, 6) is -2.75.